The molecule has 0 radical (unpaired) electrons. The number of benzene rings is 1. The Balaban J connectivity index is 1.66. The topological polar surface area (TPSA) is 143 Å². The van der Waals surface area contributed by atoms with Gasteiger partial charge in [0.05, 0.1) is 16.3 Å². The molecule has 3 heterocycles. The van der Waals surface area contributed by atoms with Crippen molar-refractivity contribution in [2.45, 2.75) is 13.3 Å². The molecule has 0 bridgehead atoms. The van der Waals surface area contributed by atoms with Gasteiger partial charge in [-0.2, -0.15) is 8.42 Å². The number of ether oxygens (including phenoxy) is 3. The van der Waals surface area contributed by atoms with Crippen LogP contribution in [-0.4, -0.2) is 64.8 Å². The van der Waals surface area contributed by atoms with E-state index in [1.54, 1.807) is 30.0 Å². The Morgan fingerprint density at radius 3 is 2.61 bits per heavy atom. The monoisotopic (exact) mass is 514 g/mol. The van der Waals surface area contributed by atoms with Crippen LogP contribution in [0.4, 0.5) is 5.69 Å². The second-order valence-electron chi connectivity index (χ2n) is 7.22. The third-order valence-corrected chi connectivity index (χ3v) is 7.02. The highest BCUT2D eigenvalue weighted by Crippen LogP contribution is 2.48. The number of fused-ring (bicyclic) bond motifs is 2. The van der Waals surface area contributed by atoms with Gasteiger partial charge in [-0.3, -0.25) is 19.0 Å². The molecule has 33 heavy (non-hydrogen) atoms. The number of hydrogen-bond acceptors (Lipinski definition) is 10. The van der Waals surface area contributed by atoms with E-state index in [4.69, 9.17) is 36.1 Å². The lowest BCUT2D eigenvalue weighted by atomic mass is 10.2. The highest BCUT2D eigenvalue weighted by molar-refractivity contribution is 8.26. The highest BCUT2D eigenvalue weighted by atomic mass is 32.2. The van der Waals surface area contributed by atoms with Crippen molar-refractivity contribution in [1.82, 2.24) is 4.90 Å². The van der Waals surface area contributed by atoms with Gasteiger partial charge in [-0.1, -0.05) is 24.0 Å². The molecule has 14 heteroatoms. The maximum Gasteiger partial charge on any atom is 0.323 e. The molecule has 2 N–H and O–H groups in total. The van der Waals surface area contributed by atoms with Gasteiger partial charge >= 0.3 is 5.97 Å². The Bertz CT molecular complexity index is 1220. The largest absolute Gasteiger partial charge is 0.480 e. The lowest BCUT2D eigenvalue weighted by Crippen LogP contribution is -2.33. The minimum atomic E-state index is -4.14. The number of nitrogens with zero attached hydrogens (tertiary/aromatic N) is 2. The molecule has 0 aromatic heterocycles. The first-order valence-corrected chi connectivity index (χ1v) is 12.4. The number of rotatable bonds is 7. The van der Waals surface area contributed by atoms with E-state index < -0.39 is 34.3 Å². The molecule has 0 atom stereocenters. The minimum absolute atomic E-state index is 0.0703. The fourth-order valence-electron chi connectivity index (χ4n) is 3.42. The Morgan fingerprint density at radius 2 is 1.94 bits per heavy atom. The first-order chi connectivity index (χ1) is 15.5. The number of thioether (sulfide) groups is 1. The molecule has 3 aliphatic heterocycles. The van der Waals surface area contributed by atoms with Gasteiger partial charge in [0.25, 0.3) is 16.0 Å². The number of anilines is 1. The normalized spacial score (nSPS) is 19.9. The van der Waals surface area contributed by atoms with Crippen molar-refractivity contribution >= 4 is 56.0 Å². The van der Waals surface area contributed by atoms with Crippen molar-refractivity contribution in [3.63, 3.8) is 0 Å². The second kappa shape index (κ2) is 8.85. The first kappa shape index (κ1) is 23.4. The molecule has 1 aromatic rings. The van der Waals surface area contributed by atoms with Gasteiger partial charge in [0.1, 0.15) is 10.9 Å². The molecule has 1 fully saturated rings. The fourth-order valence-corrected chi connectivity index (χ4v) is 5.21. The Kier molecular flexibility index (Phi) is 6.26. The van der Waals surface area contributed by atoms with Crippen LogP contribution < -0.4 is 19.1 Å². The molecule has 0 aliphatic carbocycles. The summed E-state index contributed by atoms with van der Waals surface area (Å²) in [6.07, 6.45) is 1.65. The summed E-state index contributed by atoms with van der Waals surface area (Å²) in [5.41, 5.74) is 1.13. The number of carbonyl (C=O) groups is 2. The molecule has 1 amide bonds. The van der Waals surface area contributed by atoms with E-state index >= 15 is 0 Å². The molecule has 11 nitrogen and oxygen atoms in total. The van der Waals surface area contributed by atoms with E-state index in [0.717, 1.165) is 16.7 Å². The minimum Gasteiger partial charge on any atom is -0.480 e. The summed E-state index contributed by atoms with van der Waals surface area (Å²) in [6.45, 7) is 1.42. The molecule has 3 aliphatic rings. The van der Waals surface area contributed by atoms with Gasteiger partial charge in [0.15, 0.2) is 17.2 Å². The van der Waals surface area contributed by atoms with E-state index in [2.05, 4.69) is 0 Å². The lowest BCUT2D eigenvalue weighted by molar-refractivity contribution is -0.140. The molecule has 4 rings (SSSR count). The van der Waals surface area contributed by atoms with Gasteiger partial charge in [-0.05, 0) is 19.4 Å². The van der Waals surface area contributed by atoms with Crippen molar-refractivity contribution < 1.29 is 41.9 Å². The number of carboxylic acid groups (broad SMARTS) is 1. The van der Waals surface area contributed by atoms with Crippen LogP contribution in [0.15, 0.2) is 34.6 Å². The fraction of sp³-hybridized carbons (Fsp3) is 0.316. The molecule has 1 saturated heterocycles. The van der Waals surface area contributed by atoms with Crippen LogP contribution in [0.1, 0.15) is 13.3 Å². The summed E-state index contributed by atoms with van der Waals surface area (Å²) in [5, 5.41) is 9.00. The number of allylic oxidation sites excluding steroid dienone is 2. The van der Waals surface area contributed by atoms with Crippen molar-refractivity contribution in [3.8, 4) is 17.2 Å². The van der Waals surface area contributed by atoms with Crippen molar-refractivity contribution in [2.24, 2.45) is 0 Å². The molecule has 0 unspecified atom stereocenters. The van der Waals surface area contributed by atoms with Crippen LogP contribution in [0.25, 0.3) is 0 Å². The van der Waals surface area contributed by atoms with Crippen LogP contribution >= 0.6 is 24.0 Å². The Labute approximate surface area is 198 Å². The summed E-state index contributed by atoms with van der Waals surface area (Å²) in [6, 6.07) is 3.36. The summed E-state index contributed by atoms with van der Waals surface area (Å²) in [7, 11) is -4.14. The third-order valence-electron chi connectivity index (χ3n) is 4.83. The number of aliphatic carboxylic acids is 1. The zero-order valence-corrected chi connectivity index (χ0v) is 19.6. The smallest absolute Gasteiger partial charge is 0.323 e. The van der Waals surface area contributed by atoms with Crippen LogP contribution in [-0.2, 0) is 19.7 Å². The maximum atomic E-state index is 12.6. The van der Waals surface area contributed by atoms with Gasteiger partial charge in [0.2, 0.25) is 12.7 Å². The summed E-state index contributed by atoms with van der Waals surface area (Å²) in [4.78, 5) is 26.6. The third kappa shape index (κ3) is 4.93. The Morgan fingerprint density at radius 1 is 1.24 bits per heavy atom. The van der Waals surface area contributed by atoms with Crippen LogP contribution in [0.3, 0.4) is 0 Å². The van der Waals surface area contributed by atoms with Crippen molar-refractivity contribution in [2.75, 3.05) is 30.5 Å². The quantitative estimate of drug-likeness (QED) is 0.312. The standard InChI is InChI=1S/C19H18N2O9S3/c1-10(5-15-17(24)21(8-16(22)23)19(31)32-15)18-20(3-2-4-33(25,26)27)11-6-13-14(29-9-28-13)7-12(11)30-18/h5-7H,2-4,8-9H2,1H3,(H,22,23)(H,25,26,27). The number of amides is 1. The molecule has 0 saturated carbocycles. The van der Waals surface area contributed by atoms with Gasteiger partial charge in [-0.15, -0.1) is 0 Å². The summed E-state index contributed by atoms with van der Waals surface area (Å²) >= 11 is 6.10. The summed E-state index contributed by atoms with van der Waals surface area (Å²) < 4.78 is 48.4. The molecular weight excluding hydrogens is 496 g/mol. The average molecular weight is 515 g/mol. The molecule has 0 spiro atoms. The van der Waals surface area contributed by atoms with Crippen molar-refractivity contribution in [3.05, 3.63) is 34.6 Å². The lowest BCUT2D eigenvalue weighted by Gasteiger charge is -2.19. The number of carboxylic acids is 1. The Hall–Kier alpha value is -2.81. The van der Waals surface area contributed by atoms with Crippen LogP contribution in [0.2, 0.25) is 0 Å². The van der Waals surface area contributed by atoms with E-state index in [-0.39, 0.29) is 29.0 Å². The second-order valence-corrected chi connectivity index (χ2v) is 10.5. The zero-order chi connectivity index (χ0) is 23.9. The number of hydrogen-bond donors (Lipinski definition) is 2. The molecular formula is C19H18N2O9S3. The highest BCUT2D eigenvalue weighted by Gasteiger charge is 2.35. The predicted octanol–water partition coefficient (Wildman–Crippen LogP) is 1.95. The zero-order valence-electron chi connectivity index (χ0n) is 17.1. The van der Waals surface area contributed by atoms with E-state index in [9.17, 15) is 18.0 Å². The van der Waals surface area contributed by atoms with E-state index in [0.29, 0.717) is 34.4 Å². The van der Waals surface area contributed by atoms with Crippen LogP contribution in [0, 0.1) is 0 Å². The first-order valence-electron chi connectivity index (χ1n) is 9.56. The van der Waals surface area contributed by atoms with Crippen LogP contribution in [0.5, 0.6) is 17.2 Å². The van der Waals surface area contributed by atoms with Crippen molar-refractivity contribution in [1.29, 1.82) is 0 Å². The van der Waals surface area contributed by atoms with E-state index in [1.165, 1.54) is 0 Å². The predicted molar refractivity (Wildman–Crippen MR) is 122 cm³/mol. The summed E-state index contributed by atoms with van der Waals surface area (Å²) in [5.74, 6) is -0.351. The SMILES string of the molecule is CC(C=C1SC(=S)N(CC(=O)O)C1=O)=C1Oc2cc3c(cc2N1CCCS(=O)(=O)O)OCO3. The maximum absolute atomic E-state index is 12.6. The number of thiocarbonyl (C=S) groups is 1. The molecule has 1 aromatic carbocycles. The number of carbonyl (C=O) groups excluding carboxylic acids is 1. The average Bonchev–Trinajstić information content (AvgIpc) is 3.38. The molecule has 176 valence electrons. The van der Waals surface area contributed by atoms with Gasteiger partial charge in [-0.25, -0.2) is 0 Å². The van der Waals surface area contributed by atoms with Gasteiger partial charge < -0.3 is 24.2 Å². The van der Waals surface area contributed by atoms with E-state index in [1.807, 2.05) is 0 Å². The van der Waals surface area contributed by atoms with Gasteiger partial charge in [0, 0.05) is 24.3 Å².